The lowest BCUT2D eigenvalue weighted by Crippen LogP contribution is -2.19. The van der Waals surface area contributed by atoms with E-state index < -0.39 is 11.9 Å². The molecule has 4 heteroatoms. The van der Waals surface area contributed by atoms with E-state index in [1.807, 2.05) is 6.07 Å². The second kappa shape index (κ2) is 32.4. The van der Waals surface area contributed by atoms with E-state index in [2.05, 4.69) is 13.8 Å². The van der Waals surface area contributed by atoms with Gasteiger partial charge in [-0.05, 0) is 42.9 Å². The van der Waals surface area contributed by atoms with E-state index >= 15 is 0 Å². The number of hydrogen-bond donors (Lipinski definition) is 2. The van der Waals surface area contributed by atoms with Crippen LogP contribution in [-0.2, 0) is 12.8 Å². The lowest BCUT2D eigenvalue weighted by molar-refractivity contribution is 0.0695. The molecule has 0 aliphatic heterocycles. The average Bonchev–Trinajstić information content (AvgIpc) is 3.07. The van der Waals surface area contributed by atoms with E-state index in [-0.39, 0.29) is 5.56 Å². The summed E-state index contributed by atoms with van der Waals surface area (Å²) >= 11 is 0. The molecule has 0 heterocycles. The Morgan fingerprint density at radius 2 is 0.750 bits per heavy atom. The van der Waals surface area contributed by atoms with Crippen LogP contribution in [0, 0.1) is 0 Å². The first-order valence-corrected chi connectivity index (χ1v) is 21.2. The molecule has 278 valence electrons. The van der Waals surface area contributed by atoms with Crippen molar-refractivity contribution >= 4 is 11.9 Å². The van der Waals surface area contributed by atoms with Gasteiger partial charge in [-0.2, -0.15) is 0 Å². The van der Waals surface area contributed by atoms with E-state index in [0.717, 1.165) is 37.7 Å². The Morgan fingerprint density at radius 3 is 1.04 bits per heavy atom. The molecular weight excluding hydrogens is 590 g/mol. The van der Waals surface area contributed by atoms with Crippen LogP contribution < -0.4 is 5.73 Å². The Morgan fingerprint density at radius 1 is 0.458 bits per heavy atom. The molecule has 1 amide bonds. The number of carbonyl (C=O) groups excluding carboxylic acids is 1. The molecule has 0 saturated heterocycles. The molecule has 0 radical (unpaired) electrons. The minimum absolute atomic E-state index is 0.250. The molecule has 3 N–H and O–H groups in total. The average molecular weight is 670 g/mol. The summed E-state index contributed by atoms with van der Waals surface area (Å²) in [6.07, 6.45) is 43.6. The van der Waals surface area contributed by atoms with Crippen LogP contribution in [0.2, 0.25) is 0 Å². The fraction of sp³-hybridized carbons (Fsp3) is 0.818. The van der Waals surface area contributed by atoms with Crippen LogP contribution in [0.5, 0.6) is 0 Å². The Balaban J connectivity index is 2.24. The van der Waals surface area contributed by atoms with E-state index in [1.165, 1.54) is 180 Å². The standard InChI is InChI=1S/C44H79NO3/c1-3-5-7-9-11-13-15-17-19-21-23-25-27-29-31-33-35-39-37-38-41(44(47)48)40(42(39)43(45)46)36-34-32-30-28-26-24-22-20-18-16-14-12-10-8-6-4-2/h37-38H,3-36H2,1-2H3,(H2,45,46)(H,47,48). The van der Waals surface area contributed by atoms with Gasteiger partial charge in [0.25, 0.3) is 0 Å². The number of nitrogens with two attached hydrogens (primary N) is 1. The van der Waals surface area contributed by atoms with E-state index in [4.69, 9.17) is 5.73 Å². The minimum Gasteiger partial charge on any atom is -0.478 e. The largest absolute Gasteiger partial charge is 0.478 e. The molecule has 1 aromatic rings. The van der Waals surface area contributed by atoms with Gasteiger partial charge in [0, 0.05) is 5.56 Å². The van der Waals surface area contributed by atoms with Crippen LogP contribution in [0.3, 0.4) is 0 Å². The molecule has 1 aromatic carbocycles. The molecule has 0 bridgehead atoms. The molecule has 0 aromatic heterocycles. The van der Waals surface area contributed by atoms with Crippen LogP contribution in [0.15, 0.2) is 12.1 Å². The molecule has 0 fully saturated rings. The highest BCUT2D eigenvalue weighted by Gasteiger charge is 2.20. The van der Waals surface area contributed by atoms with Crippen molar-refractivity contribution < 1.29 is 14.7 Å². The maximum absolute atomic E-state index is 12.6. The lowest BCUT2D eigenvalue weighted by Gasteiger charge is -2.15. The second-order valence-electron chi connectivity index (χ2n) is 14.9. The van der Waals surface area contributed by atoms with Crippen molar-refractivity contribution in [1.82, 2.24) is 0 Å². The summed E-state index contributed by atoms with van der Waals surface area (Å²) in [5, 5.41) is 9.87. The molecule has 48 heavy (non-hydrogen) atoms. The highest BCUT2D eigenvalue weighted by molar-refractivity contribution is 6.00. The number of benzene rings is 1. The fourth-order valence-electron chi connectivity index (χ4n) is 7.39. The Kier molecular flexibility index (Phi) is 29.8. The van der Waals surface area contributed by atoms with Gasteiger partial charge in [0.05, 0.1) is 5.56 Å². The summed E-state index contributed by atoms with van der Waals surface area (Å²) in [6.45, 7) is 4.56. The Labute approximate surface area is 298 Å². The predicted molar refractivity (Wildman–Crippen MR) is 208 cm³/mol. The highest BCUT2D eigenvalue weighted by Crippen LogP contribution is 2.25. The third kappa shape index (κ3) is 23.5. The smallest absolute Gasteiger partial charge is 0.335 e. The van der Waals surface area contributed by atoms with Gasteiger partial charge < -0.3 is 10.8 Å². The number of carboxylic acids is 1. The molecule has 0 unspecified atom stereocenters. The monoisotopic (exact) mass is 670 g/mol. The molecule has 0 aliphatic carbocycles. The van der Waals surface area contributed by atoms with Crippen molar-refractivity contribution in [2.75, 3.05) is 0 Å². The number of unbranched alkanes of at least 4 members (excludes halogenated alkanes) is 30. The molecule has 0 atom stereocenters. The summed E-state index contributed by atoms with van der Waals surface area (Å²) in [4.78, 5) is 24.6. The number of aromatic carboxylic acids is 1. The zero-order valence-corrected chi connectivity index (χ0v) is 32.0. The molecule has 1 rings (SSSR count). The third-order valence-corrected chi connectivity index (χ3v) is 10.5. The predicted octanol–water partition coefficient (Wildman–Crippen LogP) is 14.1. The quantitative estimate of drug-likeness (QED) is 0.0698. The molecule has 4 nitrogen and oxygen atoms in total. The maximum atomic E-state index is 12.6. The molecule has 0 spiro atoms. The normalized spacial score (nSPS) is 11.4. The second-order valence-corrected chi connectivity index (χ2v) is 14.9. The Bertz CT molecular complexity index is 911. The minimum atomic E-state index is -0.960. The van der Waals surface area contributed by atoms with Crippen molar-refractivity contribution in [2.45, 2.75) is 232 Å². The molecular formula is C44H79NO3. The first-order chi connectivity index (χ1) is 23.5. The Hall–Kier alpha value is -1.84. The van der Waals surface area contributed by atoms with Gasteiger partial charge in [-0.15, -0.1) is 0 Å². The maximum Gasteiger partial charge on any atom is 0.335 e. The zero-order chi connectivity index (χ0) is 34.9. The van der Waals surface area contributed by atoms with Crippen LogP contribution >= 0.6 is 0 Å². The number of hydrogen-bond acceptors (Lipinski definition) is 2. The van der Waals surface area contributed by atoms with Gasteiger partial charge in [-0.3, -0.25) is 4.79 Å². The van der Waals surface area contributed by atoms with Gasteiger partial charge in [0.2, 0.25) is 5.91 Å². The van der Waals surface area contributed by atoms with E-state index in [0.29, 0.717) is 17.5 Å². The van der Waals surface area contributed by atoms with Crippen molar-refractivity contribution in [3.8, 4) is 0 Å². The summed E-state index contributed by atoms with van der Waals surface area (Å²) in [5.41, 5.74) is 8.20. The van der Waals surface area contributed by atoms with Crippen LogP contribution in [0.4, 0.5) is 0 Å². The zero-order valence-electron chi connectivity index (χ0n) is 32.0. The van der Waals surface area contributed by atoms with Gasteiger partial charge in [0.15, 0.2) is 0 Å². The van der Waals surface area contributed by atoms with E-state index in [1.54, 1.807) is 6.07 Å². The lowest BCUT2D eigenvalue weighted by atomic mass is 9.89. The highest BCUT2D eigenvalue weighted by atomic mass is 16.4. The van der Waals surface area contributed by atoms with Crippen molar-refractivity contribution in [2.24, 2.45) is 5.73 Å². The number of carboxylic acid groups (broad SMARTS) is 1. The summed E-state index contributed by atoms with van der Waals surface area (Å²) < 4.78 is 0. The van der Waals surface area contributed by atoms with Crippen LogP contribution in [-0.4, -0.2) is 17.0 Å². The molecule has 0 aliphatic rings. The number of aryl methyl sites for hydroxylation is 1. The summed E-state index contributed by atoms with van der Waals surface area (Å²) in [5.74, 6) is -1.44. The van der Waals surface area contributed by atoms with E-state index in [9.17, 15) is 14.7 Å². The van der Waals surface area contributed by atoms with Gasteiger partial charge in [-0.1, -0.05) is 213 Å². The topological polar surface area (TPSA) is 80.4 Å². The number of amides is 1. The third-order valence-electron chi connectivity index (χ3n) is 10.5. The molecule has 0 saturated carbocycles. The van der Waals surface area contributed by atoms with Crippen LogP contribution in [0.25, 0.3) is 0 Å². The SMILES string of the molecule is CCCCCCCCCCCCCCCCCCc1ccc(C(=O)O)c(CCCCCCCCCCCCCCCCCC)c1C(N)=O. The van der Waals surface area contributed by atoms with Crippen molar-refractivity contribution in [3.63, 3.8) is 0 Å². The van der Waals surface area contributed by atoms with Gasteiger partial charge in [0.1, 0.15) is 0 Å². The number of primary amides is 1. The van der Waals surface area contributed by atoms with Crippen molar-refractivity contribution in [1.29, 1.82) is 0 Å². The first kappa shape index (κ1) is 44.2. The van der Waals surface area contributed by atoms with Crippen LogP contribution in [0.1, 0.15) is 251 Å². The number of carbonyl (C=O) groups is 2. The fourth-order valence-corrected chi connectivity index (χ4v) is 7.39. The summed E-state index contributed by atoms with van der Waals surface area (Å²) in [7, 11) is 0. The number of rotatable bonds is 36. The first-order valence-electron chi connectivity index (χ1n) is 21.2. The summed E-state index contributed by atoms with van der Waals surface area (Å²) in [6, 6.07) is 3.55. The van der Waals surface area contributed by atoms with Gasteiger partial charge in [-0.25, -0.2) is 4.79 Å². The van der Waals surface area contributed by atoms with Crippen molar-refractivity contribution in [3.05, 3.63) is 34.4 Å². The van der Waals surface area contributed by atoms with Gasteiger partial charge >= 0.3 is 5.97 Å².